The maximum atomic E-state index is 5.84. The van der Waals surface area contributed by atoms with Gasteiger partial charge in [0.25, 0.3) is 0 Å². The molecule has 2 nitrogen and oxygen atoms in total. The Morgan fingerprint density at radius 2 is 2.13 bits per heavy atom. The van der Waals surface area contributed by atoms with Crippen molar-refractivity contribution in [1.82, 2.24) is 4.98 Å². The van der Waals surface area contributed by atoms with Crippen LogP contribution in [-0.4, -0.2) is 18.1 Å². The van der Waals surface area contributed by atoms with Crippen LogP contribution >= 0.6 is 11.6 Å². The van der Waals surface area contributed by atoms with Crippen LogP contribution in [-0.2, 0) is 0 Å². The van der Waals surface area contributed by atoms with Gasteiger partial charge in [0.15, 0.2) is 0 Å². The molecule has 0 aliphatic rings. The zero-order valence-corrected chi connectivity index (χ0v) is 10.5. The SMILES string of the molecule is CCCCN(CC)c1cnc(Cl)cc1C. The molecule has 1 aromatic rings. The van der Waals surface area contributed by atoms with E-state index in [-0.39, 0.29) is 0 Å². The summed E-state index contributed by atoms with van der Waals surface area (Å²) in [5, 5.41) is 0.572. The van der Waals surface area contributed by atoms with Gasteiger partial charge in [-0.25, -0.2) is 4.98 Å². The van der Waals surface area contributed by atoms with Gasteiger partial charge in [0.05, 0.1) is 11.9 Å². The molecule has 0 saturated carbocycles. The van der Waals surface area contributed by atoms with Gasteiger partial charge in [0.1, 0.15) is 5.15 Å². The van der Waals surface area contributed by atoms with E-state index in [1.165, 1.54) is 24.1 Å². The molecule has 0 aliphatic heterocycles. The number of halogens is 1. The van der Waals surface area contributed by atoms with Gasteiger partial charge in [-0.2, -0.15) is 0 Å². The summed E-state index contributed by atoms with van der Waals surface area (Å²) in [5.74, 6) is 0. The van der Waals surface area contributed by atoms with E-state index < -0.39 is 0 Å². The highest BCUT2D eigenvalue weighted by molar-refractivity contribution is 6.29. The molecule has 0 aliphatic carbocycles. The van der Waals surface area contributed by atoms with Crippen molar-refractivity contribution in [2.75, 3.05) is 18.0 Å². The Hall–Kier alpha value is -0.760. The third-order valence-electron chi connectivity index (χ3n) is 2.55. The van der Waals surface area contributed by atoms with Crippen molar-refractivity contribution in [2.45, 2.75) is 33.6 Å². The van der Waals surface area contributed by atoms with Gasteiger partial charge in [0.2, 0.25) is 0 Å². The summed E-state index contributed by atoms with van der Waals surface area (Å²) in [6, 6.07) is 1.92. The quantitative estimate of drug-likeness (QED) is 0.713. The minimum Gasteiger partial charge on any atom is -0.370 e. The van der Waals surface area contributed by atoms with Gasteiger partial charge in [-0.3, -0.25) is 0 Å². The smallest absolute Gasteiger partial charge is 0.129 e. The van der Waals surface area contributed by atoms with Crippen LogP contribution in [0, 0.1) is 6.92 Å². The Morgan fingerprint density at radius 1 is 1.40 bits per heavy atom. The maximum absolute atomic E-state index is 5.84. The second-order valence-corrected chi connectivity index (χ2v) is 4.11. The highest BCUT2D eigenvalue weighted by Crippen LogP contribution is 2.21. The first-order valence-corrected chi connectivity index (χ1v) is 5.94. The van der Waals surface area contributed by atoms with Crippen LogP contribution in [0.3, 0.4) is 0 Å². The fraction of sp³-hybridized carbons (Fsp3) is 0.583. The summed E-state index contributed by atoms with van der Waals surface area (Å²) in [6.45, 7) is 8.57. The molecule has 0 unspecified atom stereocenters. The lowest BCUT2D eigenvalue weighted by atomic mass is 10.2. The molecule has 0 spiro atoms. The normalized spacial score (nSPS) is 10.4. The molecule has 1 rings (SSSR count). The van der Waals surface area contributed by atoms with Crippen molar-refractivity contribution < 1.29 is 0 Å². The lowest BCUT2D eigenvalue weighted by molar-refractivity contribution is 0.729. The molecule has 0 bridgehead atoms. The van der Waals surface area contributed by atoms with Crippen LogP contribution in [0.15, 0.2) is 12.3 Å². The number of nitrogens with zero attached hydrogens (tertiary/aromatic N) is 2. The van der Waals surface area contributed by atoms with Gasteiger partial charge in [-0.15, -0.1) is 0 Å². The van der Waals surface area contributed by atoms with Crippen molar-refractivity contribution in [3.05, 3.63) is 23.0 Å². The predicted octanol–water partition coefficient (Wildman–Crippen LogP) is 3.67. The fourth-order valence-corrected chi connectivity index (χ4v) is 1.86. The van der Waals surface area contributed by atoms with Gasteiger partial charge >= 0.3 is 0 Å². The van der Waals surface area contributed by atoms with Gasteiger partial charge in [-0.1, -0.05) is 24.9 Å². The average Bonchev–Trinajstić information content (AvgIpc) is 2.21. The third kappa shape index (κ3) is 3.38. The zero-order chi connectivity index (χ0) is 11.3. The number of hydrogen-bond donors (Lipinski definition) is 0. The lowest BCUT2D eigenvalue weighted by Crippen LogP contribution is -2.24. The van der Waals surface area contributed by atoms with Gasteiger partial charge < -0.3 is 4.90 Å². The largest absolute Gasteiger partial charge is 0.370 e. The first-order valence-electron chi connectivity index (χ1n) is 5.56. The van der Waals surface area contributed by atoms with Crippen LogP contribution in [0.1, 0.15) is 32.3 Å². The second-order valence-electron chi connectivity index (χ2n) is 3.73. The monoisotopic (exact) mass is 226 g/mol. The summed E-state index contributed by atoms with van der Waals surface area (Å²) >= 11 is 5.84. The van der Waals surface area contributed by atoms with Crippen LogP contribution in [0.5, 0.6) is 0 Å². The molecule has 3 heteroatoms. The first kappa shape index (κ1) is 12.3. The summed E-state index contributed by atoms with van der Waals surface area (Å²) < 4.78 is 0. The maximum Gasteiger partial charge on any atom is 0.129 e. The molecule has 0 amide bonds. The number of unbranched alkanes of at least 4 members (excludes halogenated alkanes) is 1. The Labute approximate surface area is 97.3 Å². The standard InChI is InChI=1S/C12H19ClN2/c1-4-6-7-15(5-2)11-9-14-12(13)8-10(11)3/h8-9H,4-7H2,1-3H3. The van der Waals surface area contributed by atoms with E-state index in [1.807, 2.05) is 12.3 Å². The molecule has 0 saturated heterocycles. The molecule has 0 atom stereocenters. The third-order valence-corrected chi connectivity index (χ3v) is 2.76. The summed E-state index contributed by atoms with van der Waals surface area (Å²) in [4.78, 5) is 6.49. The van der Waals surface area contributed by atoms with E-state index in [0.29, 0.717) is 5.15 Å². The highest BCUT2D eigenvalue weighted by Gasteiger charge is 2.07. The Morgan fingerprint density at radius 3 is 2.67 bits per heavy atom. The summed E-state index contributed by atoms with van der Waals surface area (Å²) in [6.07, 6.45) is 4.31. The zero-order valence-electron chi connectivity index (χ0n) is 9.76. The molecule has 84 valence electrons. The minimum absolute atomic E-state index is 0.572. The average molecular weight is 227 g/mol. The Bertz CT molecular complexity index is 312. The minimum atomic E-state index is 0.572. The van der Waals surface area contributed by atoms with Gasteiger partial charge in [-0.05, 0) is 31.9 Å². The van der Waals surface area contributed by atoms with Crippen molar-refractivity contribution in [3.63, 3.8) is 0 Å². The molecule has 0 radical (unpaired) electrons. The molecular weight excluding hydrogens is 208 g/mol. The topological polar surface area (TPSA) is 16.1 Å². The molecule has 0 aromatic carbocycles. The molecule has 0 N–H and O–H groups in total. The molecule has 1 heterocycles. The predicted molar refractivity (Wildman–Crippen MR) is 66.8 cm³/mol. The van der Waals surface area contributed by atoms with E-state index >= 15 is 0 Å². The summed E-state index contributed by atoms with van der Waals surface area (Å²) in [5.41, 5.74) is 2.41. The molecule has 1 aromatic heterocycles. The number of anilines is 1. The van der Waals surface area contributed by atoms with Crippen molar-refractivity contribution in [2.24, 2.45) is 0 Å². The molecule has 0 fully saturated rings. The van der Waals surface area contributed by atoms with Crippen molar-refractivity contribution >= 4 is 17.3 Å². The van der Waals surface area contributed by atoms with E-state index in [9.17, 15) is 0 Å². The molecular formula is C12H19ClN2. The van der Waals surface area contributed by atoms with E-state index in [1.54, 1.807) is 0 Å². The van der Waals surface area contributed by atoms with Crippen LogP contribution in [0.2, 0.25) is 5.15 Å². The first-order chi connectivity index (χ1) is 7.19. The van der Waals surface area contributed by atoms with E-state index in [2.05, 4.69) is 30.7 Å². The van der Waals surface area contributed by atoms with Crippen molar-refractivity contribution in [1.29, 1.82) is 0 Å². The highest BCUT2D eigenvalue weighted by atomic mass is 35.5. The lowest BCUT2D eigenvalue weighted by Gasteiger charge is -2.24. The number of rotatable bonds is 5. The van der Waals surface area contributed by atoms with Crippen LogP contribution < -0.4 is 4.90 Å². The number of hydrogen-bond acceptors (Lipinski definition) is 2. The van der Waals surface area contributed by atoms with E-state index in [4.69, 9.17) is 11.6 Å². The number of aryl methyl sites for hydroxylation is 1. The van der Waals surface area contributed by atoms with Gasteiger partial charge in [0, 0.05) is 13.1 Å². The fourth-order valence-electron chi connectivity index (χ4n) is 1.64. The number of pyridine rings is 1. The second kappa shape index (κ2) is 5.96. The summed E-state index contributed by atoms with van der Waals surface area (Å²) in [7, 11) is 0. The number of aromatic nitrogens is 1. The van der Waals surface area contributed by atoms with E-state index in [0.717, 1.165) is 13.1 Å². The van der Waals surface area contributed by atoms with Crippen LogP contribution in [0.4, 0.5) is 5.69 Å². The Kier molecular flexibility index (Phi) is 4.89. The Balaban J connectivity index is 2.81. The molecule has 15 heavy (non-hydrogen) atoms. The van der Waals surface area contributed by atoms with Crippen molar-refractivity contribution in [3.8, 4) is 0 Å². The van der Waals surface area contributed by atoms with Crippen LogP contribution in [0.25, 0.3) is 0 Å².